The van der Waals surface area contributed by atoms with E-state index >= 15 is 0 Å². The van der Waals surface area contributed by atoms with Crippen molar-refractivity contribution in [3.63, 3.8) is 0 Å². The number of likely N-dealkylation sites (N-methyl/N-ethyl adjacent to an activating group) is 1. The molecule has 34 heavy (non-hydrogen) atoms. The summed E-state index contributed by atoms with van der Waals surface area (Å²) in [6, 6.07) is 6.06. The third kappa shape index (κ3) is 5.05. The monoisotopic (exact) mass is 504 g/mol. The Morgan fingerprint density at radius 2 is 1.65 bits per heavy atom. The van der Waals surface area contributed by atoms with Crippen LogP contribution < -0.4 is 5.32 Å². The fourth-order valence-corrected chi connectivity index (χ4v) is 7.29. The standard InChI is InChI=1S/C24H32N4O4S2/c1-26(2)24(30)21-19-12-15-27(3)16-20(19)33-23(21)25-22(29)17-8-10-18(11-9-17)34(31,32)28-13-6-4-5-7-14-28/h8-11H,4-7,12-16H2,1-3H3,(H,25,29). The van der Waals surface area contributed by atoms with Gasteiger partial charge in [0, 0.05) is 50.7 Å². The van der Waals surface area contributed by atoms with Crippen molar-refractivity contribution in [2.24, 2.45) is 0 Å². The van der Waals surface area contributed by atoms with Crippen molar-refractivity contribution >= 4 is 38.2 Å². The largest absolute Gasteiger partial charge is 0.345 e. The molecule has 1 N–H and O–H groups in total. The van der Waals surface area contributed by atoms with Crippen LogP contribution in [0, 0.1) is 0 Å². The maximum Gasteiger partial charge on any atom is 0.256 e. The van der Waals surface area contributed by atoms with Gasteiger partial charge in [-0.15, -0.1) is 11.3 Å². The zero-order valence-electron chi connectivity index (χ0n) is 20.0. The molecule has 1 aromatic heterocycles. The van der Waals surface area contributed by atoms with E-state index in [1.165, 1.54) is 40.5 Å². The summed E-state index contributed by atoms with van der Waals surface area (Å²) in [5.41, 5.74) is 1.92. The molecule has 2 aromatic rings. The second kappa shape index (κ2) is 10.2. The van der Waals surface area contributed by atoms with E-state index in [9.17, 15) is 18.0 Å². The molecule has 0 spiro atoms. The summed E-state index contributed by atoms with van der Waals surface area (Å²) in [5.74, 6) is -0.491. The lowest BCUT2D eigenvalue weighted by Crippen LogP contribution is -2.32. The highest BCUT2D eigenvalue weighted by Crippen LogP contribution is 2.37. The number of carbonyl (C=O) groups excluding carboxylic acids is 2. The van der Waals surface area contributed by atoms with E-state index in [-0.39, 0.29) is 16.7 Å². The first kappa shape index (κ1) is 24.8. The summed E-state index contributed by atoms with van der Waals surface area (Å²) in [5, 5.41) is 3.46. The van der Waals surface area contributed by atoms with Crippen LogP contribution in [0.4, 0.5) is 5.00 Å². The Labute approximate surface area is 205 Å². The Balaban J connectivity index is 1.56. The number of hydrogen-bond acceptors (Lipinski definition) is 6. The van der Waals surface area contributed by atoms with Crippen molar-refractivity contribution in [1.82, 2.24) is 14.1 Å². The SMILES string of the molecule is CN1CCc2c(sc(NC(=O)c3ccc(S(=O)(=O)N4CCCCCC4)cc3)c2C(=O)N(C)C)C1. The summed E-state index contributed by atoms with van der Waals surface area (Å²) in [6.07, 6.45) is 4.59. The topological polar surface area (TPSA) is 90.0 Å². The maximum absolute atomic E-state index is 13.0. The van der Waals surface area contributed by atoms with Gasteiger partial charge in [-0.3, -0.25) is 9.59 Å². The Hall–Kier alpha value is -2.27. The maximum atomic E-state index is 13.0. The van der Waals surface area contributed by atoms with Crippen molar-refractivity contribution in [2.75, 3.05) is 46.1 Å². The Bertz CT molecular complexity index is 1160. The van der Waals surface area contributed by atoms with Crippen molar-refractivity contribution in [3.8, 4) is 0 Å². The molecule has 3 heterocycles. The summed E-state index contributed by atoms with van der Waals surface area (Å²) in [6.45, 7) is 2.67. The zero-order chi connectivity index (χ0) is 24.5. The molecular formula is C24H32N4O4S2. The number of thiophene rings is 1. The highest BCUT2D eigenvalue weighted by molar-refractivity contribution is 7.89. The number of hydrogen-bond donors (Lipinski definition) is 1. The fourth-order valence-electron chi connectivity index (χ4n) is 4.45. The van der Waals surface area contributed by atoms with Crippen LogP contribution in [0.5, 0.6) is 0 Å². The second-order valence-corrected chi connectivity index (χ2v) is 12.2. The zero-order valence-corrected chi connectivity index (χ0v) is 21.6. The third-order valence-corrected chi connectivity index (χ3v) is 9.46. The van der Waals surface area contributed by atoms with E-state index in [2.05, 4.69) is 10.2 Å². The third-order valence-electron chi connectivity index (χ3n) is 6.41. The summed E-state index contributed by atoms with van der Waals surface area (Å²) < 4.78 is 27.6. The summed E-state index contributed by atoms with van der Waals surface area (Å²) >= 11 is 1.44. The van der Waals surface area contributed by atoms with E-state index in [4.69, 9.17) is 0 Å². The molecule has 0 unspecified atom stereocenters. The van der Waals surface area contributed by atoms with Crippen LogP contribution in [-0.2, 0) is 23.0 Å². The molecule has 1 aromatic carbocycles. The Morgan fingerprint density at radius 3 is 2.26 bits per heavy atom. The van der Waals surface area contributed by atoms with E-state index in [1.54, 1.807) is 18.4 Å². The fraction of sp³-hybridized carbons (Fsp3) is 0.500. The Kier molecular flexibility index (Phi) is 7.42. The van der Waals surface area contributed by atoms with E-state index in [0.29, 0.717) is 29.2 Å². The molecular weight excluding hydrogens is 472 g/mol. The number of sulfonamides is 1. The molecule has 8 nitrogen and oxygen atoms in total. The molecule has 0 saturated carbocycles. The van der Waals surface area contributed by atoms with Gasteiger partial charge in [-0.05, 0) is 56.1 Å². The van der Waals surface area contributed by atoms with Crippen molar-refractivity contribution in [2.45, 2.75) is 43.5 Å². The molecule has 184 valence electrons. The van der Waals surface area contributed by atoms with Gasteiger partial charge in [0.15, 0.2) is 0 Å². The molecule has 0 bridgehead atoms. The van der Waals surface area contributed by atoms with Gasteiger partial charge in [0.2, 0.25) is 10.0 Å². The summed E-state index contributed by atoms with van der Waals surface area (Å²) in [7, 11) is 1.87. The lowest BCUT2D eigenvalue weighted by molar-refractivity contribution is 0.0827. The van der Waals surface area contributed by atoms with E-state index in [0.717, 1.165) is 55.6 Å². The van der Waals surface area contributed by atoms with Gasteiger partial charge in [0.05, 0.1) is 10.5 Å². The van der Waals surface area contributed by atoms with Gasteiger partial charge < -0.3 is 15.1 Å². The number of nitrogens with zero attached hydrogens (tertiary/aromatic N) is 3. The van der Waals surface area contributed by atoms with Crippen molar-refractivity contribution < 1.29 is 18.0 Å². The number of nitrogens with one attached hydrogen (secondary N) is 1. The number of amides is 2. The van der Waals surface area contributed by atoms with Gasteiger partial charge in [-0.1, -0.05) is 12.8 Å². The molecule has 0 aliphatic carbocycles. The minimum Gasteiger partial charge on any atom is -0.345 e. The second-order valence-electron chi connectivity index (χ2n) is 9.19. The predicted molar refractivity (Wildman–Crippen MR) is 134 cm³/mol. The van der Waals surface area contributed by atoms with Crippen molar-refractivity contribution in [3.05, 3.63) is 45.8 Å². The number of carbonyl (C=O) groups is 2. The quantitative estimate of drug-likeness (QED) is 0.675. The minimum absolute atomic E-state index is 0.128. The highest BCUT2D eigenvalue weighted by atomic mass is 32.2. The lowest BCUT2D eigenvalue weighted by Gasteiger charge is -2.23. The van der Waals surface area contributed by atoms with Crippen LogP contribution in [0.25, 0.3) is 0 Å². The van der Waals surface area contributed by atoms with Gasteiger partial charge in [-0.2, -0.15) is 4.31 Å². The highest BCUT2D eigenvalue weighted by Gasteiger charge is 2.29. The molecule has 1 saturated heterocycles. The first-order valence-electron chi connectivity index (χ1n) is 11.6. The smallest absolute Gasteiger partial charge is 0.256 e. The number of fused-ring (bicyclic) bond motifs is 1. The minimum atomic E-state index is -3.57. The average Bonchev–Trinajstić information content (AvgIpc) is 2.97. The lowest BCUT2D eigenvalue weighted by atomic mass is 10.0. The average molecular weight is 505 g/mol. The number of anilines is 1. The molecule has 2 aliphatic heterocycles. The molecule has 10 heteroatoms. The van der Waals surface area contributed by atoms with E-state index in [1.807, 2.05) is 7.05 Å². The predicted octanol–water partition coefficient (Wildman–Crippen LogP) is 3.25. The van der Waals surface area contributed by atoms with Gasteiger partial charge in [0.25, 0.3) is 11.8 Å². The van der Waals surface area contributed by atoms with Crippen LogP contribution in [0.1, 0.15) is 56.8 Å². The first-order chi connectivity index (χ1) is 16.2. The normalized spacial score (nSPS) is 17.6. The van der Waals surface area contributed by atoms with Gasteiger partial charge >= 0.3 is 0 Å². The van der Waals surface area contributed by atoms with Crippen LogP contribution in [-0.4, -0.2) is 75.1 Å². The Morgan fingerprint density at radius 1 is 1.00 bits per heavy atom. The molecule has 0 atom stereocenters. The molecule has 4 rings (SSSR count). The summed E-state index contributed by atoms with van der Waals surface area (Å²) in [4.78, 5) is 31.0. The van der Waals surface area contributed by atoms with Crippen LogP contribution in [0.15, 0.2) is 29.2 Å². The number of rotatable bonds is 5. The van der Waals surface area contributed by atoms with Gasteiger partial charge in [0.1, 0.15) is 5.00 Å². The van der Waals surface area contributed by atoms with Crippen LogP contribution in [0.3, 0.4) is 0 Å². The molecule has 2 aliphatic rings. The van der Waals surface area contributed by atoms with Crippen molar-refractivity contribution in [1.29, 1.82) is 0 Å². The molecule has 1 fully saturated rings. The number of benzene rings is 1. The molecule has 2 amide bonds. The van der Waals surface area contributed by atoms with Crippen LogP contribution >= 0.6 is 11.3 Å². The van der Waals surface area contributed by atoms with Gasteiger partial charge in [-0.25, -0.2) is 8.42 Å². The first-order valence-corrected chi connectivity index (χ1v) is 13.9. The van der Waals surface area contributed by atoms with Crippen LogP contribution in [0.2, 0.25) is 0 Å². The molecule has 0 radical (unpaired) electrons. The van der Waals surface area contributed by atoms with E-state index < -0.39 is 10.0 Å².